The molecule has 1 aromatic rings. The standard InChI is InChI=1S/C11H19N3/c1-4-14-9-11(8-13-14)7-12-6-5-10(2)3/h4,8-10,12H,1,5-7H2,2-3H3. The van der Waals surface area contributed by atoms with Gasteiger partial charge in [-0.1, -0.05) is 20.4 Å². The van der Waals surface area contributed by atoms with Crippen LogP contribution in [0, 0.1) is 5.92 Å². The summed E-state index contributed by atoms with van der Waals surface area (Å²) in [6.45, 7) is 10.1. The molecule has 0 amide bonds. The van der Waals surface area contributed by atoms with Crippen molar-refractivity contribution >= 4 is 6.20 Å². The Morgan fingerprint density at radius 2 is 2.43 bits per heavy atom. The van der Waals surface area contributed by atoms with E-state index >= 15 is 0 Å². The molecule has 1 heterocycles. The predicted molar refractivity (Wildman–Crippen MR) is 59.8 cm³/mol. The molecule has 3 heteroatoms. The van der Waals surface area contributed by atoms with Crippen molar-refractivity contribution in [1.29, 1.82) is 0 Å². The van der Waals surface area contributed by atoms with Crippen LogP contribution in [0.4, 0.5) is 0 Å². The Morgan fingerprint density at radius 3 is 3.00 bits per heavy atom. The minimum absolute atomic E-state index is 0.762. The van der Waals surface area contributed by atoms with E-state index in [9.17, 15) is 0 Å². The lowest BCUT2D eigenvalue weighted by atomic mass is 10.1. The number of hydrogen-bond donors (Lipinski definition) is 1. The smallest absolute Gasteiger partial charge is 0.0538 e. The van der Waals surface area contributed by atoms with Crippen LogP contribution in [-0.4, -0.2) is 16.3 Å². The molecule has 0 unspecified atom stereocenters. The van der Waals surface area contributed by atoms with E-state index in [0.29, 0.717) is 0 Å². The van der Waals surface area contributed by atoms with E-state index in [-0.39, 0.29) is 0 Å². The SMILES string of the molecule is C=Cn1cc(CNCCC(C)C)cn1. The molecule has 1 N–H and O–H groups in total. The van der Waals surface area contributed by atoms with Gasteiger partial charge >= 0.3 is 0 Å². The third-order valence-electron chi connectivity index (χ3n) is 2.07. The molecule has 0 aliphatic carbocycles. The maximum Gasteiger partial charge on any atom is 0.0538 e. The Bertz CT molecular complexity index is 276. The molecule has 0 saturated carbocycles. The molecule has 0 aliphatic rings. The first kappa shape index (κ1) is 11.0. The molecule has 0 aromatic carbocycles. The van der Waals surface area contributed by atoms with Crippen molar-refractivity contribution < 1.29 is 0 Å². The molecule has 14 heavy (non-hydrogen) atoms. The van der Waals surface area contributed by atoms with Gasteiger partial charge in [0.2, 0.25) is 0 Å². The van der Waals surface area contributed by atoms with Gasteiger partial charge in [0.25, 0.3) is 0 Å². The fourth-order valence-corrected chi connectivity index (χ4v) is 1.19. The summed E-state index contributed by atoms with van der Waals surface area (Å²) in [7, 11) is 0. The van der Waals surface area contributed by atoms with E-state index in [4.69, 9.17) is 0 Å². The molecule has 1 aromatic heterocycles. The zero-order chi connectivity index (χ0) is 10.4. The van der Waals surface area contributed by atoms with Gasteiger partial charge in [0.15, 0.2) is 0 Å². The van der Waals surface area contributed by atoms with Crippen molar-refractivity contribution in [2.45, 2.75) is 26.8 Å². The highest BCUT2D eigenvalue weighted by atomic mass is 15.2. The molecule has 0 aliphatic heterocycles. The minimum atomic E-state index is 0.762. The number of rotatable bonds is 6. The van der Waals surface area contributed by atoms with E-state index < -0.39 is 0 Å². The molecule has 3 nitrogen and oxygen atoms in total. The van der Waals surface area contributed by atoms with Crippen LogP contribution in [0.2, 0.25) is 0 Å². The van der Waals surface area contributed by atoms with Gasteiger partial charge in [-0.15, -0.1) is 0 Å². The summed E-state index contributed by atoms with van der Waals surface area (Å²) in [5, 5.41) is 7.49. The lowest BCUT2D eigenvalue weighted by Crippen LogP contribution is -2.15. The predicted octanol–water partition coefficient (Wildman–Crippen LogP) is 2.12. The quantitative estimate of drug-likeness (QED) is 0.701. The first-order chi connectivity index (χ1) is 6.72. The van der Waals surface area contributed by atoms with Crippen LogP contribution in [0.25, 0.3) is 6.20 Å². The van der Waals surface area contributed by atoms with Gasteiger partial charge in [-0.25, -0.2) is 4.68 Å². The fraction of sp³-hybridized carbons (Fsp3) is 0.545. The van der Waals surface area contributed by atoms with E-state index in [2.05, 4.69) is 30.8 Å². The Hall–Kier alpha value is -1.09. The van der Waals surface area contributed by atoms with Crippen molar-refractivity contribution in [2.24, 2.45) is 5.92 Å². The Balaban J connectivity index is 2.21. The van der Waals surface area contributed by atoms with Crippen molar-refractivity contribution in [3.05, 3.63) is 24.5 Å². The van der Waals surface area contributed by atoms with E-state index in [1.807, 2.05) is 12.4 Å². The molecule has 0 bridgehead atoms. The number of nitrogens with one attached hydrogen (secondary N) is 1. The molecule has 0 spiro atoms. The van der Waals surface area contributed by atoms with Crippen LogP contribution in [0.15, 0.2) is 19.0 Å². The number of aromatic nitrogens is 2. The molecule has 0 fully saturated rings. The Morgan fingerprint density at radius 1 is 1.64 bits per heavy atom. The highest BCUT2D eigenvalue weighted by Crippen LogP contribution is 1.99. The van der Waals surface area contributed by atoms with Gasteiger partial charge in [0.1, 0.15) is 0 Å². The first-order valence-electron chi connectivity index (χ1n) is 5.08. The van der Waals surface area contributed by atoms with Crippen LogP contribution < -0.4 is 5.32 Å². The van der Waals surface area contributed by atoms with Crippen molar-refractivity contribution in [3.8, 4) is 0 Å². The summed E-state index contributed by atoms with van der Waals surface area (Å²) in [5.74, 6) is 0.762. The van der Waals surface area contributed by atoms with E-state index in [0.717, 1.165) is 19.0 Å². The normalized spacial score (nSPS) is 10.8. The third-order valence-corrected chi connectivity index (χ3v) is 2.07. The second kappa shape index (κ2) is 5.60. The summed E-state index contributed by atoms with van der Waals surface area (Å²) in [5.41, 5.74) is 1.20. The van der Waals surface area contributed by atoms with Crippen LogP contribution in [0.5, 0.6) is 0 Å². The highest BCUT2D eigenvalue weighted by molar-refractivity contribution is 5.17. The molecule has 0 atom stereocenters. The van der Waals surface area contributed by atoms with Gasteiger partial charge in [-0.3, -0.25) is 0 Å². The molecule has 78 valence electrons. The Kier molecular flexibility index (Phi) is 4.40. The molecule has 0 saturated heterocycles. The minimum Gasteiger partial charge on any atom is -0.313 e. The summed E-state index contributed by atoms with van der Waals surface area (Å²) in [6, 6.07) is 0. The molecular weight excluding hydrogens is 174 g/mol. The zero-order valence-corrected chi connectivity index (χ0v) is 9.03. The third kappa shape index (κ3) is 3.75. The van der Waals surface area contributed by atoms with E-state index in [1.165, 1.54) is 12.0 Å². The monoisotopic (exact) mass is 193 g/mol. The molecular formula is C11H19N3. The van der Waals surface area contributed by atoms with Crippen LogP contribution in [0.1, 0.15) is 25.8 Å². The van der Waals surface area contributed by atoms with Crippen molar-refractivity contribution in [1.82, 2.24) is 15.1 Å². The van der Waals surface area contributed by atoms with Crippen LogP contribution in [-0.2, 0) is 6.54 Å². The zero-order valence-electron chi connectivity index (χ0n) is 9.03. The lowest BCUT2D eigenvalue weighted by molar-refractivity contribution is 0.537. The lowest BCUT2D eigenvalue weighted by Gasteiger charge is -2.04. The fourth-order valence-electron chi connectivity index (χ4n) is 1.19. The summed E-state index contributed by atoms with van der Waals surface area (Å²) in [4.78, 5) is 0. The van der Waals surface area contributed by atoms with Gasteiger partial charge in [-0.05, 0) is 18.9 Å². The summed E-state index contributed by atoms with van der Waals surface area (Å²) < 4.78 is 1.72. The van der Waals surface area contributed by atoms with Crippen LogP contribution in [0.3, 0.4) is 0 Å². The topological polar surface area (TPSA) is 29.9 Å². The second-order valence-corrected chi connectivity index (χ2v) is 3.87. The molecule has 1 rings (SSSR count). The largest absolute Gasteiger partial charge is 0.313 e. The van der Waals surface area contributed by atoms with Gasteiger partial charge < -0.3 is 5.32 Å². The summed E-state index contributed by atoms with van der Waals surface area (Å²) >= 11 is 0. The molecule has 0 radical (unpaired) electrons. The van der Waals surface area contributed by atoms with Gasteiger partial charge in [0, 0.05) is 24.5 Å². The van der Waals surface area contributed by atoms with Gasteiger partial charge in [0.05, 0.1) is 6.20 Å². The van der Waals surface area contributed by atoms with Gasteiger partial charge in [-0.2, -0.15) is 5.10 Å². The van der Waals surface area contributed by atoms with Crippen LogP contribution >= 0.6 is 0 Å². The average Bonchev–Trinajstić information content (AvgIpc) is 2.60. The first-order valence-corrected chi connectivity index (χ1v) is 5.08. The second-order valence-electron chi connectivity index (χ2n) is 3.87. The Labute approximate surface area is 85.8 Å². The maximum atomic E-state index is 4.11. The van der Waals surface area contributed by atoms with E-state index in [1.54, 1.807) is 10.9 Å². The average molecular weight is 193 g/mol. The maximum absolute atomic E-state index is 4.11. The summed E-state index contributed by atoms with van der Waals surface area (Å²) in [6.07, 6.45) is 6.76. The number of nitrogens with zero attached hydrogens (tertiary/aromatic N) is 2. The van der Waals surface area contributed by atoms with Crippen molar-refractivity contribution in [3.63, 3.8) is 0 Å². The van der Waals surface area contributed by atoms with Crippen molar-refractivity contribution in [2.75, 3.05) is 6.54 Å². The number of hydrogen-bond acceptors (Lipinski definition) is 2. The highest BCUT2D eigenvalue weighted by Gasteiger charge is 1.96.